The zero-order valence-electron chi connectivity index (χ0n) is 17.9. The Morgan fingerprint density at radius 1 is 1.09 bits per heavy atom. The molecule has 32 heavy (non-hydrogen) atoms. The Balaban J connectivity index is 1.52. The maximum atomic E-state index is 13.3. The third kappa shape index (κ3) is 5.77. The summed E-state index contributed by atoms with van der Waals surface area (Å²) in [6.07, 6.45) is 2.91. The van der Waals surface area contributed by atoms with E-state index in [1.807, 2.05) is 42.5 Å². The van der Waals surface area contributed by atoms with Crippen molar-refractivity contribution in [3.05, 3.63) is 72.3 Å². The van der Waals surface area contributed by atoms with Crippen LogP contribution in [0.15, 0.2) is 66.7 Å². The molecular weight excluding hydrogens is 428 g/mol. The van der Waals surface area contributed by atoms with Crippen LogP contribution in [-0.2, 0) is 21.4 Å². The summed E-state index contributed by atoms with van der Waals surface area (Å²) < 4.78 is 33.3. The average Bonchev–Trinajstić information content (AvgIpc) is 3.27. The number of fused-ring (bicyclic) bond motifs is 1. The molecule has 1 fully saturated rings. The maximum absolute atomic E-state index is 13.3. The molecule has 1 heterocycles. The van der Waals surface area contributed by atoms with Gasteiger partial charge in [0.2, 0.25) is 0 Å². The van der Waals surface area contributed by atoms with Crippen LogP contribution in [0.5, 0.6) is 5.75 Å². The number of amides is 2. The van der Waals surface area contributed by atoms with E-state index in [1.54, 1.807) is 29.2 Å². The highest BCUT2D eigenvalue weighted by Crippen LogP contribution is 2.24. The minimum absolute atomic E-state index is 0.00103. The monoisotopic (exact) mass is 454 g/mol. The van der Waals surface area contributed by atoms with Crippen molar-refractivity contribution in [1.82, 2.24) is 4.90 Å². The van der Waals surface area contributed by atoms with Crippen molar-refractivity contribution in [2.75, 3.05) is 24.7 Å². The van der Waals surface area contributed by atoms with Crippen molar-refractivity contribution >= 4 is 32.6 Å². The SMILES string of the molecule is CS(=O)(=O)Oc1ccc(CN(CC2CCCO2)C(=O)Nc2cccc3ccccc23)cc1. The molecule has 7 nitrogen and oxygen atoms in total. The van der Waals surface area contributed by atoms with Crippen molar-refractivity contribution in [2.45, 2.75) is 25.5 Å². The van der Waals surface area contributed by atoms with E-state index in [4.69, 9.17) is 8.92 Å². The fourth-order valence-corrected chi connectivity index (χ4v) is 4.29. The van der Waals surface area contributed by atoms with Gasteiger partial charge in [0.1, 0.15) is 5.75 Å². The van der Waals surface area contributed by atoms with E-state index < -0.39 is 10.1 Å². The minimum Gasteiger partial charge on any atom is -0.383 e. The molecule has 0 radical (unpaired) electrons. The van der Waals surface area contributed by atoms with Gasteiger partial charge < -0.3 is 19.1 Å². The normalized spacial score (nSPS) is 16.1. The van der Waals surface area contributed by atoms with Crippen LogP contribution in [0, 0.1) is 0 Å². The molecular formula is C24H26N2O5S. The smallest absolute Gasteiger partial charge is 0.322 e. The third-order valence-corrected chi connectivity index (χ3v) is 5.81. The van der Waals surface area contributed by atoms with Crippen molar-refractivity contribution in [3.8, 4) is 5.75 Å². The van der Waals surface area contributed by atoms with Crippen LogP contribution in [0.1, 0.15) is 18.4 Å². The Labute approximate surface area is 188 Å². The largest absolute Gasteiger partial charge is 0.383 e. The summed E-state index contributed by atoms with van der Waals surface area (Å²) in [5, 5.41) is 5.08. The van der Waals surface area contributed by atoms with E-state index in [9.17, 15) is 13.2 Å². The van der Waals surface area contributed by atoms with Gasteiger partial charge in [-0.3, -0.25) is 0 Å². The van der Waals surface area contributed by atoms with E-state index in [0.29, 0.717) is 19.7 Å². The van der Waals surface area contributed by atoms with Crippen LogP contribution < -0.4 is 9.50 Å². The van der Waals surface area contributed by atoms with Gasteiger partial charge in [-0.25, -0.2) is 4.79 Å². The van der Waals surface area contributed by atoms with Crippen LogP contribution in [-0.4, -0.2) is 44.9 Å². The first kappa shape index (κ1) is 22.1. The Hall–Kier alpha value is -3.10. The van der Waals surface area contributed by atoms with Gasteiger partial charge in [0.15, 0.2) is 0 Å². The van der Waals surface area contributed by atoms with Gasteiger partial charge in [-0.1, -0.05) is 48.5 Å². The molecule has 0 spiro atoms. The second-order valence-electron chi connectivity index (χ2n) is 7.90. The molecule has 1 unspecified atom stereocenters. The van der Waals surface area contributed by atoms with Gasteiger partial charge >= 0.3 is 16.1 Å². The van der Waals surface area contributed by atoms with Gasteiger partial charge in [-0.2, -0.15) is 8.42 Å². The van der Waals surface area contributed by atoms with E-state index in [-0.39, 0.29) is 17.9 Å². The number of ether oxygens (including phenoxy) is 1. The fourth-order valence-electron chi connectivity index (χ4n) is 3.83. The zero-order valence-corrected chi connectivity index (χ0v) is 18.7. The number of rotatable bonds is 7. The molecule has 1 aliphatic heterocycles. The highest BCUT2D eigenvalue weighted by atomic mass is 32.2. The lowest BCUT2D eigenvalue weighted by Gasteiger charge is -2.26. The first-order chi connectivity index (χ1) is 15.4. The highest BCUT2D eigenvalue weighted by Gasteiger charge is 2.23. The van der Waals surface area contributed by atoms with Crippen LogP contribution >= 0.6 is 0 Å². The van der Waals surface area contributed by atoms with Gasteiger partial charge in [0.25, 0.3) is 0 Å². The molecule has 1 N–H and O–H groups in total. The molecule has 1 atom stereocenters. The van der Waals surface area contributed by atoms with Crippen molar-refractivity contribution in [2.24, 2.45) is 0 Å². The lowest BCUT2D eigenvalue weighted by atomic mass is 10.1. The van der Waals surface area contributed by atoms with Crippen molar-refractivity contribution < 1.29 is 22.1 Å². The lowest BCUT2D eigenvalue weighted by molar-refractivity contribution is 0.0819. The lowest BCUT2D eigenvalue weighted by Crippen LogP contribution is -2.39. The summed E-state index contributed by atoms with van der Waals surface area (Å²) in [6, 6.07) is 20.2. The summed E-state index contributed by atoms with van der Waals surface area (Å²) in [7, 11) is -3.59. The number of carbonyl (C=O) groups is 1. The number of anilines is 1. The molecule has 1 aliphatic rings. The number of carbonyl (C=O) groups excluding carboxylic acids is 1. The van der Waals surface area contributed by atoms with Crippen LogP contribution in [0.4, 0.5) is 10.5 Å². The Morgan fingerprint density at radius 3 is 2.56 bits per heavy atom. The molecule has 168 valence electrons. The quantitative estimate of drug-likeness (QED) is 0.535. The van der Waals surface area contributed by atoms with Gasteiger partial charge in [0.05, 0.1) is 18.0 Å². The molecule has 0 aromatic heterocycles. The van der Waals surface area contributed by atoms with Crippen LogP contribution in [0.2, 0.25) is 0 Å². The minimum atomic E-state index is -3.59. The van der Waals surface area contributed by atoms with E-state index in [2.05, 4.69) is 5.32 Å². The molecule has 0 saturated carbocycles. The molecule has 3 aromatic carbocycles. The number of benzene rings is 3. The van der Waals surface area contributed by atoms with Gasteiger partial charge in [-0.05, 0) is 42.0 Å². The number of hydrogen-bond donors (Lipinski definition) is 1. The summed E-state index contributed by atoms with van der Waals surface area (Å²) in [5.41, 5.74) is 1.61. The van der Waals surface area contributed by atoms with E-state index >= 15 is 0 Å². The summed E-state index contributed by atoms with van der Waals surface area (Å²) in [4.78, 5) is 15.0. The fraction of sp³-hybridized carbons (Fsp3) is 0.292. The molecule has 8 heteroatoms. The van der Waals surface area contributed by atoms with Gasteiger partial charge in [-0.15, -0.1) is 0 Å². The first-order valence-corrected chi connectivity index (χ1v) is 12.3. The summed E-state index contributed by atoms with van der Waals surface area (Å²) in [6.45, 7) is 1.54. The highest BCUT2D eigenvalue weighted by molar-refractivity contribution is 7.86. The van der Waals surface area contributed by atoms with Crippen LogP contribution in [0.25, 0.3) is 10.8 Å². The Bertz CT molecular complexity index is 1180. The predicted molar refractivity (Wildman–Crippen MR) is 124 cm³/mol. The maximum Gasteiger partial charge on any atom is 0.322 e. The topological polar surface area (TPSA) is 84.9 Å². The Morgan fingerprint density at radius 2 is 1.84 bits per heavy atom. The summed E-state index contributed by atoms with van der Waals surface area (Å²) in [5.74, 6) is 0.238. The van der Waals surface area contributed by atoms with Crippen molar-refractivity contribution in [1.29, 1.82) is 0 Å². The molecule has 3 aromatic rings. The number of nitrogens with one attached hydrogen (secondary N) is 1. The molecule has 0 aliphatic carbocycles. The van der Waals surface area contributed by atoms with E-state index in [0.717, 1.165) is 41.1 Å². The molecule has 4 rings (SSSR count). The van der Waals surface area contributed by atoms with Crippen molar-refractivity contribution in [3.63, 3.8) is 0 Å². The van der Waals surface area contributed by atoms with E-state index in [1.165, 1.54) is 0 Å². The van der Waals surface area contributed by atoms with Gasteiger partial charge in [0, 0.05) is 25.1 Å². The first-order valence-electron chi connectivity index (χ1n) is 10.5. The number of urea groups is 1. The second kappa shape index (κ2) is 9.58. The standard InChI is InChI=1S/C24H26N2O5S/c1-32(28,29)31-20-13-11-18(12-14-20)16-26(17-21-8-5-15-30-21)24(27)25-23-10-4-7-19-6-2-3-9-22(19)23/h2-4,6-7,9-14,21H,5,8,15-17H2,1H3,(H,25,27). The Kier molecular flexibility index (Phi) is 6.62. The van der Waals surface area contributed by atoms with Crippen LogP contribution in [0.3, 0.4) is 0 Å². The zero-order chi connectivity index (χ0) is 22.6. The number of hydrogen-bond acceptors (Lipinski definition) is 5. The third-order valence-electron chi connectivity index (χ3n) is 5.31. The summed E-state index contributed by atoms with van der Waals surface area (Å²) >= 11 is 0. The predicted octanol–water partition coefficient (Wildman–Crippen LogP) is 4.39. The second-order valence-corrected chi connectivity index (χ2v) is 9.48. The molecule has 1 saturated heterocycles. The molecule has 0 bridgehead atoms. The molecule has 2 amide bonds. The number of nitrogens with zero attached hydrogens (tertiary/aromatic N) is 1. The average molecular weight is 455 g/mol.